The molecule has 4 heteroatoms. The number of carbonyl (C=O) groups excluding carboxylic acids is 1. The molecule has 0 fully saturated rings. The number of carbonyl (C=O) groups is 1. The van der Waals surface area contributed by atoms with Crippen LogP contribution in [-0.4, -0.2) is 16.8 Å². The van der Waals surface area contributed by atoms with Crippen LogP contribution >= 0.6 is 0 Å². The molecule has 0 saturated carbocycles. The monoisotopic (exact) mass is 439 g/mol. The Bertz CT molecular complexity index is 1280. The molecule has 164 valence electrons. The Labute approximate surface area is 192 Å². The molecule has 0 atom stereocenters. The molecule has 0 aromatic heterocycles. The van der Waals surface area contributed by atoms with Crippen molar-refractivity contribution in [3.05, 3.63) is 131 Å². The van der Waals surface area contributed by atoms with Crippen molar-refractivity contribution in [3.63, 3.8) is 0 Å². The molecule has 0 radical (unpaired) electrons. The van der Waals surface area contributed by atoms with Gasteiger partial charge >= 0.3 is 0 Å². The summed E-state index contributed by atoms with van der Waals surface area (Å²) in [5.74, 6) is -1.91. The molecule has 0 unspecified atom stereocenters. The topological polar surface area (TPSA) is 20.3 Å². The lowest BCUT2D eigenvalue weighted by Crippen LogP contribution is -2.40. The maximum atomic E-state index is 14.0. The second-order valence-corrected chi connectivity index (χ2v) is 8.42. The van der Waals surface area contributed by atoms with Crippen molar-refractivity contribution < 1.29 is 13.6 Å². The maximum Gasteiger partial charge on any atom is 0.255 e. The van der Waals surface area contributed by atoms with E-state index in [1.807, 2.05) is 71.6 Å². The average molecular weight is 440 g/mol. The molecule has 1 aliphatic carbocycles. The highest BCUT2D eigenvalue weighted by molar-refractivity contribution is 6.01. The van der Waals surface area contributed by atoms with Gasteiger partial charge in [-0.25, -0.2) is 8.78 Å². The van der Waals surface area contributed by atoms with Crippen molar-refractivity contribution in [2.45, 2.75) is 25.4 Å². The molecule has 0 saturated heterocycles. The molecule has 0 N–H and O–H groups in total. The van der Waals surface area contributed by atoms with Gasteiger partial charge in [-0.1, -0.05) is 78.9 Å². The summed E-state index contributed by atoms with van der Waals surface area (Å²) >= 11 is 0. The van der Waals surface area contributed by atoms with E-state index in [1.165, 1.54) is 17.2 Å². The summed E-state index contributed by atoms with van der Waals surface area (Å²) in [5.41, 5.74) is 5.43. The Morgan fingerprint density at radius 3 is 2.09 bits per heavy atom. The Morgan fingerprint density at radius 1 is 0.758 bits per heavy atom. The molecule has 1 amide bonds. The van der Waals surface area contributed by atoms with Gasteiger partial charge in [-0.05, 0) is 58.9 Å². The fraction of sp³-hybridized carbons (Fsp3) is 0.138. The Hall–Kier alpha value is -3.79. The van der Waals surface area contributed by atoms with E-state index in [1.54, 1.807) is 6.07 Å². The molecule has 0 spiro atoms. The van der Waals surface area contributed by atoms with Gasteiger partial charge in [-0.3, -0.25) is 4.79 Å². The van der Waals surface area contributed by atoms with Crippen molar-refractivity contribution in [1.29, 1.82) is 0 Å². The number of halogens is 2. The molecule has 5 rings (SSSR count). The quantitative estimate of drug-likeness (QED) is 0.350. The van der Waals surface area contributed by atoms with Crippen LogP contribution in [0.15, 0.2) is 97.1 Å². The number of hydrogen-bond donors (Lipinski definition) is 0. The van der Waals surface area contributed by atoms with Crippen LogP contribution in [-0.2, 0) is 19.4 Å². The van der Waals surface area contributed by atoms with E-state index in [0.29, 0.717) is 11.1 Å². The van der Waals surface area contributed by atoms with E-state index in [9.17, 15) is 13.6 Å². The lowest BCUT2D eigenvalue weighted by atomic mass is 9.98. The van der Waals surface area contributed by atoms with Crippen LogP contribution in [0.3, 0.4) is 0 Å². The molecule has 4 aromatic rings. The summed E-state index contributed by atoms with van der Waals surface area (Å²) in [6.45, 7) is 0.206. The van der Waals surface area contributed by atoms with Gasteiger partial charge in [0.05, 0.1) is 0 Å². The molecule has 0 aliphatic heterocycles. The standard InChI is InChI=1S/C29H23F2NO/c30-27-15-14-20(16-28(27)31)19-32(24-17-22-10-4-5-11-23(22)18-24)29(33)26-13-7-6-12-25(26)21-8-2-1-3-9-21/h1-16,24H,17-19H2. The number of hydrogen-bond acceptors (Lipinski definition) is 1. The highest BCUT2D eigenvalue weighted by Crippen LogP contribution is 2.31. The zero-order chi connectivity index (χ0) is 22.8. The van der Waals surface area contributed by atoms with Crippen LogP contribution in [0.4, 0.5) is 8.78 Å². The van der Waals surface area contributed by atoms with Gasteiger partial charge in [-0.2, -0.15) is 0 Å². The Morgan fingerprint density at radius 2 is 1.39 bits per heavy atom. The van der Waals surface area contributed by atoms with Gasteiger partial charge < -0.3 is 4.90 Å². The second kappa shape index (κ2) is 8.99. The predicted octanol–water partition coefficient (Wildman–Crippen LogP) is 6.44. The molecule has 0 heterocycles. The number of amides is 1. The van der Waals surface area contributed by atoms with Crippen molar-refractivity contribution >= 4 is 5.91 Å². The molecule has 2 nitrogen and oxygen atoms in total. The zero-order valence-electron chi connectivity index (χ0n) is 18.0. The summed E-state index contributed by atoms with van der Waals surface area (Å²) in [4.78, 5) is 15.8. The third kappa shape index (κ3) is 4.29. The third-order valence-corrected chi connectivity index (χ3v) is 6.31. The molecule has 1 aliphatic rings. The number of nitrogens with zero attached hydrogens (tertiary/aromatic N) is 1. The first kappa shape index (κ1) is 21.1. The molecule has 0 bridgehead atoms. The number of fused-ring (bicyclic) bond motifs is 1. The van der Waals surface area contributed by atoms with E-state index >= 15 is 0 Å². The molecular weight excluding hydrogens is 416 g/mol. The highest BCUT2D eigenvalue weighted by atomic mass is 19.2. The summed E-state index contributed by atoms with van der Waals surface area (Å²) in [6.07, 6.45) is 1.47. The van der Waals surface area contributed by atoms with Gasteiger partial charge in [0, 0.05) is 18.2 Å². The Balaban J connectivity index is 1.53. The van der Waals surface area contributed by atoms with E-state index in [-0.39, 0.29) is 18.5 Å². The first-order valence-electron chi connectivity index (χ1n) is 11.1. The summed E-state index contributed by atoms with van der Waals surface area (Å²) in [5, 5.41) is 0. The predicted molar refractivity (Wildman–Crippen MR) is 126 cm³/mol. The average Bonchev–Trinajstić information content (AvgIpc) is 3.29. The van der Waals surface area contributed by atoms with Crippen LogP contribution in [0.2, 0.25) is 0 Å². The fourth-order valence-electron chi connectivity index (χ4n) is 4.65. The highest BCUT2D eigenvalue weighted by Gasteiger charge is 2.31. The second-order valence-electron chi connectivity index (χ2n) is 8.42. The van der Waals surface area contributed by atoms with Gasteiger partial charge in [0.1, 0.15) is 0 Å². The largest absolute Gasteiger partial charge is 0.331 e. The van der Waals surface area contributed by atoms with E-state index in [4.69, 9.17) is 0 Å². The van der Waals surface area contributed by atoms with Crippen molar-refractivity contribution in [3.8, 4) is 11.1 Å². The minimum Gasteiger partial charge on any atom is -0.331 e. The molecule has 4 aromatic carbocycles. The lowest BCUT2D eigenvalue weighted by molar-refractivity contribution is 0.0668. The fourth-order valence-corrected chi connectivity index (χ4v) is 4.65. The smallest absolute Gasteiger partial charge is 0.255 e. The molecular formula is C29H23F2NO. The third-order valence-electron chi connectivity index (χ3n) is 6.31. The van der Waals surface area contributed by atoms with Gasteiger partial charge in [-0.15, -0.1) is 0 Å². The van der Waals surface area contributed by atoms with Crippen molar-refractivity contribution in [2.24, 2.45) is 0 Å². The summed E-state index contributed by atoms with van der Waals surface area (Å²) < 4.78 is 27.5. The van der Waals surface area contributed by atoms with E-state index in [0.717, 1.165) is 30.0 Å². The van der Waals surface area contributed by atoms with E-state index < -0.39 is 11.6 Å². The Kier molecular flexibility index (Phi) is 5.74. The van der Waals surface area contributed by atoms with Crippen LogP contribution in [0.5, 0.6) is 0 Å². The minimum absolute atomic E-state index is 0.0631. The first-order valence-corrected chi connectivity index (χ1v) is 11.1. The summed E-state index contributed by atoms with van der Waals surface area (Å²) in [6, 6.07) is 29.4. The first-order chi connectivity index (χ1) is 16.1. The van der Waals surface area contributed by atoms with Crippen LogP contribution in [0, 0.1) is 11.6 Å². The van der Waals surface area contributed by atoms with E-state index in [2.05, 4.69) is 12.1 Å². The van der Waals surface area contributed by atoms with Gasteiger partial charge in [0.25, 0.3) is 5.91 Å². The minimum atomic E-state index is -0.903. The number of benzene rings is 4. The SMILES string of the molecule is O=C(c1ccccc1-c1ccccc1)N(Cc1ccc(F)c(F)c1)C1Cc2ccccc2C1. The van der Waals surface area contributed by atoms with Crippen molar-refractivity contribution in [2.75, 3.05) is 0 Å². The van der Waals surface area contributed by atoms with Gasteiger partial charge in [0.15, 0.2) is 11.6 Å². The number of rotatable bonds is 5. The summed E-state index contributed by atoms with van der Waals surface area (Å²) in [7, 11) is 0. The van der Waals surface area contributed by atoms with Crippen molar-refractivity contribution in [1.82, 2.24) is 4.90 Å². The normalized spacial score (nSPS) is 13.0. The van der Waals surface area contributed by atoms with Crippen LogP contribution in [0.1, 0.15) is 27.0 Å². The van der Waals surface area contributed by atoms with Gasteiger partial charge in [0.2, 0.25) is 0 Å². The van der Waals surface area contributed by atoms with Crippen LogP contribution in [0.25, 0.3) is 11.1 Å². The maximum absolute atomic E-state index is 14.0. The van der Waals surface area contributed by atoms with Crippen LogP contribution < -0.4 is 0 Å². The molecule has 33 heavy (non-hydrogen) atoms. The lowest BCUT2D eigenvalue weighted by Gasteiger charge is -2.30. The zero-order valence-corrected chi connectivity index (χ0v) is 18.0.